The van der Waals surface area contributed by atoms with Crippen molar-refractivity contribution in [3.05, 3.63) is 92.5 Å². The van der Waals surface area contributed by atoms with Crippen LogP contribution in [0.5, 0.6) is 0 Å². The summed E-state index contributed by atoms with van der Waals surface area (Å²) in [7, 11) is 3.40. The van der Waals surface area contributed by atoms with Crippen LogP contribution in [-0.2, 0) is 27.1 Å². The number of nitrogens with one attached hydrogen (secondary N) is 1. The van der Waals surface area contributed by atoms with Gasteiger partial charge in [0.15, 0.2) is 29.1 Å². The van der Waals surface area contributed by atoms with Gasteiger partial charge >= 0.3 is 0 Å². The van der Waals surface area contributed by atoms with Crippen molar-refractivity contribution in [1.29, 1.82) is 0 Å². The normalized spacial score (nSPS) is 11.4. The summed E-state index contributed by atoms with van der Waals surface area (Å²) in [5.41, 5.74) is -0.0313. The van der Waals surface area contributed by atoms with E-state index in [1.165, 1.54) is 21.8 Å². The quantitative estimate of drug-likeness (QED) is 0.203. The van der Waals surface area contributed by atoms with Crippen molar-refractivity contribution in [3.63, 3.8) is 0 Å². The molecule has 0 bridgehead atoms. The number of anilines is 2. The predicted molar refractivity (Wildman–Crippen MR) is 127 cm³/mol. The second kappa shape index (κ2) is 9.32. The van der Waals surface area contributed by atoms with Crippen molar-refractivity contribution in [2.75, 3.05) is 5.32 Å². The molecule has 3 heterocycles. The number of aryl methyl sites for hydroxylation is 2. The third kappa shape index (κ3) is 4.77. The highest BCUT2D eigenvalue weighted by atomic mass is 35.5. The van der Waals surface area contributed by atoms with Gasteiger partial charge < -0.3 is 9.88 Å². The lowest BCUT2D eigenvalue weighted by molar-refractivity contribution is 0.402. The van der Waals surface area contributed by atoms with Gasteiger partial charge in [-0.05, 0) is 18.2 Å². The molecule has 5 rings (SSSR count). The van der Waals surface area contributed by atoms with Crippen molar-refractivity contribution in [3.8, 4) is 0 Å². The van der Waals surface area contributed by atoms with Crippen molar-refractivity contribution < 1.29 is 17.6 Å². The molecule has 0 aliphatic carbocycles. The Morgan fingerprint density at radius 1 is 0.946 bits per heavy atom. The van der Waals surface area contributed by atoms with Crippen LogP contribution in [0, 0.1) is 23.3 Å². The lowest BCUT2D eigenvalue weighted by Crippen LogP contribution is -2.22. The van der Waals surface area contributed by atoms with Gasteiger partial charge in [-0.3, -0.25) is 14.2 Å². The average molecular weight is 533 g/mol. The first kappa shape index (κ1) is 24.4. The lowest BCUT2D eigenvalue weighted by Gasteiger charge is -2.17. The first-order valence-electron chi connectivity index (χ1n) is 10.8. The molecule has 14 heteroatoms. The molecule has 0 atom stereocenters. The Labute approximate surface area is 211 Å². The van der Waals surface area contributed by atoms with Crippen LogP contribution in [0.4, 0.5) is 29.2 Å². The summed E-state index contributed by atoms with van der Waals surface area (Å²) >= 11 is 6.39. The van der Waals surface area contributed by atoms with E-state index < -0.39 is 40.9 Å². The largest absolute Gasteiger partial charge is 0.324 e. The standard InChI is InChI=1S/C23H17ClF4N8O/c1-34-7-11-4-17(14(24)6-16(11)32-34)30-23-31-22(37)13(5-18-29-10-35(2)33-18)9-36(23)8-12-3-15(25)20(27)21(28)19(12)26/h3-4,6-7,9-10H,5,8H2,1-2H3,(H,30,31,37). The third-order valence-corrected chi connectivity index (χ3v) is 5.85. The average Bonchev–Trinajstić information content (AvgIpc) is 3.42. The highest BCUT2D eigenvalue weighted by molar-refractivity contribution is 6.34. The lowest BCUT2D eigenvalue weighted by atomic mass is 10.1. The third-order valence-electron chi connectivity index (χ3n) is 5.53. The second-order valence-corrected chi connectivity index (χ2v) is 8.72. The van der Waals surface area contributed by atoms with Crippen molar-refractivity contribution >= 4 is 34.1 Å². The number of hydrogen-bond donors (Lipinski definition) is 1. The molecule has 0 radical (unpaired) electrons. The first-order valence-corrected chi connectivity index (χ1v) is 11.1. The second-order valence-electron chi connectivity index (χ2n) is 8.31. The number of aromatic nitrogens is 7. The maximum Gasteiger partial charge on any atom is 0.278 e. The fourth-order valence-electron chi connectivity index (χ4n) is 3.82. The van der Waals surface area contributed by atoms with Crippen molar-refractivity contribution in [1.82, 2.24) is 34.1 Å². The molecule has 0 amide bonds. The minimum atomic E-state index is -1.94. The first-order chi connectivity index (χ1) is 17.6. The molecule has 3 aromatic heterocycles. The van der Waals surface area contributed by atoms with Gasteiger partial charge in [0.1, 0.15) is 6.33 Å². The van der Waals surface area contributed by atoms with Crippen LogP contribution in [0.2, 0.25) is 5.02 Å². The summed E-state index contributed by atoms with van der Waals surface area (Å²) in [6.07, 6.45) is 4.53. The Morgan fingerprint density at radius 2 is 1.73 bits per heavy atom. The van der Waals surface area contributed by atoms with Gasteiger partial charge in [-0.25, -0.2) is 22.5 Å². The number of halogens is 5. The summed E-state index contributed by atoms with van der Waals surface area (Å²) in [4.78, 5) is 21.0. The molecule has 0 fully saturated rings. The number of rotatable bonds is 6. The zero-order valence-electron chi connectivity index (χ0n) is 19.3. The van der Waals surface area contributed by atoms with E-state index in [1.54, 1.807) is 37.1 Å². The number of nitrogens with zero attached hydrogens (tertiary/aromatic N) is 7. The van der Waals surface area contributed by atoms with Gasteiger partial charge in [0, 0.05) is 49.4 Å². The minimum Gasteiger partial charge on any atom is -0.324 e. The van der Waals surface area contributed by atoms with E-state index in [2.05, 4.69) is 25.5 Å². The Balaban J connectivity index is 1.60. The van der Waals surface area contributed by atoms with Crippen LogP contribution < -0.4 is 10.9 Å². The highest BCUT2D eigenvalue weighted by Crippen LogP contribution is 2.30. The fourth-order valence-corrected chi connectivity index (χ4v) is 4.02. The van der Waals surface area contributed by atoms with Gasteiger partial charge in [-0.15, -0.1) is 0 Å². The smallest absolute Gasteiger partial charge is 0.278 e. The molecule has 0 aliphatic heterocycles. The van der Waals surface area contributed by atoms with Crippen LogP contribution in [0.3, 0.4) is 0 Å². The van der Waals surface area contributed by atoms with E-state index >= 15 is 0 Å². The fraction of sp³-hybridized carbons (Fsp3) is 0.174. The van der Waals surface area contributed by atoms with Gasteiger partial charge in [0.2, 0.25) is 5.95 Å². The van der Waals surface area contributed by atoms with Crippen LogP contribution in [0.15, 0.2) is 41.7 Å². The van der Waals surface area contributed by atoms with Gasteiger partial charge in [0.25, 0.3) is 5.56 Å². The molecule has 9 nitrogen and oxygen atoms in total. The van der Waals surface area contributed by atoms with Crippen LogP contribution in [0.25, 0.3) is 10.9 Å². The minimum absolute atomic E-state index is 0.00994. The summed E-state index contributed by atoms with van der Waals surface area (Å²) in [5.74, 6) is -6.76. The van der Waals surface area contributed by atoms with Crippen LogP contribution in [0.1, 0.15) is 17.0 Å². The Morgan fingerprint density at radius 3 is 2.46 bits per heavy atom. The zero-order valence-corrected chi connectivity index (χ0v) is 20.1. The monoisotopic (exact) mass is 532 g/mol. The molecule has 0 aliphatic rings. The van der Waals surface area contributed by atoms with E-state index in [0.29, 0.717) is 23.1 Å². The molecule has 0 saturated carbocycles. The van der Waals surface area contributed by atoms with Crippen molar-refractivity contribution in [2.45, 2.75) is 13.0 Å². The topological polar surface area (TPSA) is 95.5 Å². The van der Waals surface area contributed by atoms with E-state index in [0.717, 1.165) is 5.39 Å². The Bertz CT molecular complexity index is 1730. The number of benzene rings is 2. The number of hydrogen-bond acceptors (Lipinski definition) is 6. The molecule has 2 aromatic carbocycles. The maximum absolute atomic E-state index is 14.5. The highest BCUT2D eigenvalue weighted by Gasteiger charge is 2.21. The van der Waals surface area contributed by atoms with Crippen LogP contribution >= 0.6 is 11.6 Å². The molecule has 190 valence electrons. The van der Waals surface area contributed by atoms with E-state index in [1.807, 2.05) is 0 Å². The summed E-state index contributed by atoms with van der Waals surface area (Å²) < 4.78 is 60.1. The molecule has 0 unspecified atom stereocenters. The molecular weight excluding hydrogens is 516 g/mol. The molecule has 0 spiro atoms. The van der Waals surface area contributed by atoms with E-state index in [9.17, 15) is 22.4 Å². The summed E-state index contributed by atoms with van der Waals surface area (Å²) in [6.45, 7) is -0.495. The van der Waals surface area contributed by atoms with E-state index in [-0.39, 0.29) is 23.0 Å². The van der Waals surface area contributed by atoms with Crippen molar-refractivity contribution in [2.24, 2.45) is 14.1 Å². The predicted octanol–water partition coefficient (Wildman–Crippen LogP) is 3.85. The molecule has 0 saturated heterocycles. The Hall–Kier alpha value is -4.26. The SMILES string of the molecule is Cn1cnc(Cc2cn(Cc3cc(F)c(F)c(F)c3F)c(Nc3cc4cn(C)nc4cc3Cl)nc2=O)n1. The summed E-state index contributed by atoms with van der Waals surface area (Å²) in [6, 6.07) is 3.82. The molecule has 1 N–H and O–H groups in total. The van der Waals surface area contributed by atoms with Gasteiger partial charge in [-0.2, -0.15) is 15.2 Å². The van der Waals surface area contributed by atoms with Gasteiger partial charge in [-0.1, -0.05) is 11.6 Å². The molecule has 5 aromatic rings. The van der Waals surface area contributed by atoms with Gasteiger partial charge in [0.05, 0.1) is 22.8 Å². The molecular formula is C23H17ClF4N8O. The maximum atomic E-state index is 14.5. The summed E-state index contributed by atoms with van der Waals surface area (Å²) in [5, 5.41) is 12.3. The zero-order chi connectivity index (χ0) is 26.4. The van der Waals surface area contributed by atoms with E-state index in [4.69, 9.17) is 11.6 Å². The Kier molecular flexibility index (Phi) is 6.15. The number of fused-ring (bicyclic) bond motifs is 1. The molecule has 37 heavy (non-hydrogen) atoms. The van der Waals surface area contributed by atoms with Crippen LogP contribution in [-0.4, -0.2) is 34.1 Å².